The minimum atomic E-state index is 0.125. The number of ether oxygens (including phenoxy) is 2. The van der Waals surface area contributed by atoms with Crippen molar-refractivity contribution in [3.05, 3.63) is 36.0 Å². The smallest absolute Gasteiger partial charge is 0.221 e. The number of hydrogen-bond donors (Lipinski definition) is 1. The van der Waals surface area contributed by atoms with Gasteiger partial charge in [-0.05, 0) is 30.5 Å². The Balaban J connectivity index is 1.87. The Bertz CT molecular complexity index is 594. The SMILES string of the molecule is CCCNCc1cc2ccccc2c(OC2CCOC2)n1. The molecule has 2 heterocycles. The fraction of sp³-hybridized carbons (Fsp3) is 0.471. The summed E-state index contributed by atoms with van der Waals surface area (Å²) in [4.78, 5) is 4.70. The van der Waals surface area contributed by atoms with E-state index in [2.05, 4.69) is 30.4 Å². The summed E-state index contributed by atoms with van der Waals surface area (Å²) in [5.41, 5.74) is 1.02. The van der Waals surface area contributed by atoms with Crippen molar-refractivity contribution in [1.82, 2.24) is 10.3 Å². The molecule has 1 atom stereocenters. The first kappa shape index (κ1) is 14.3. The molecule has 0 radical (unpaired) electrons. The zero-order chi connectivity index (χ0) is 14.5. The van der Waals surface area contributed by atoms with Gasteiger partial charge in [-0.15, -0.1) is 0 Å². The first-order chi connectivity index (χ1) is 10.4. The predicted molar refractivity (Wildman–Crippen MR) is 83.6 cm³/mol. The van der Waals surface area contributed by atoms with Crippen LogP contribution in [0.4, 0.5) is 0 Å². The molecular formula is C17H22N2O2. The van der Waals surface area contributed by atoms with Gasteiger partial charge in [-0.3, -0.25) is 0 Å². The van der Waals surface area contributed by atoms with Gasteiger partial charge in [0.05, 0.1) is 18.9 Å². The molecule has 2 aromatic rings. The summed E-state index contributed by atoms with van der Waals surface area (Å²) in [5, 5.41) is 5.64. The molecule has 1 aromatic heterocycles. The van der Waals surface area contributed by atoms with E-state index >= 15 is 0 Å². The van der Waals surface area contributed by atoms with Crippen LogP contribution in [0, 0.1) is 0 Å². The maximum Gasteiger partial charge on any atom is 0.221 e. The van der Waals surface area contributed by atoms with Crippen LogP contribution in [-0.4, -0.2) is 30.8 Å². The summed E-state index contributed by atoms with van der Waals surface area (Å²) < 4.78 is 11.5. The normalized spacial score (nSPS) is 18.2. The number of pyridine rings is 1. The van der Waals surface area contributed by atoms with Gasteiger partial charge in [0.2, 0.25) is 5.88 Å². The Kier molecular flexibility index (Phi) is 4.68. The maximum absolute atomic E-state index is 6.07. The van der Waals surface area contributed by atoms with Gasteiger partial charge in [0.25, 0.3) is 0 Å². The van der Waals surface area contributed by atoms with Crippen molar-refractivity contribution in [2.24, 2.45) is 0 Å². The molecule has 1 aliphatic heterocycles. The van der Waals surface area contributed by atoms with Crippen LogP contribution in [0.2, 0.25) is 0 Å². The van der Waals surface area contributed by atoms with Gasteiger partial charge in [-0.1, -0.05) is 25.1 Å². The van der Waals surface area contributed by atoms with E-state index in [4.69, 9.17) is 14.5 Å². The van der Waals surface area contributed by atoms with E-state index < -0.39 is 0 Å². The zero-order valence-electron chi connectivity index (χ0n) is 12.5. The zero-order valence-corrected chi connectivity index (χ0v) is 12.5. The maximum atomic E-state index is 6.07. The highest BCUT2D eigenvalue weighted by molar-refractivity contribution is 5.87. The van der Waals surface area contributed by atoms with Crippen LogP contribution < -0.4 is 10.1 Å². The monoisotopic (exact) mass is 286 g/mol. The molecule has 1 fully saturated rings. The summed E-state index contributed by atoms with van der Waals surface area (Å²) >= 11 is 0. The minimum Gasteiger partial charge on any atom is -0.471 e. The lowest BCUT2D eigenvalue weighted by atomic mass is 10.1. The van der Waals surface area contributed by atoms with E-state index in [0.29, 0.717) is 6.61 Å². The fourth-order valence-corrected chi connectivity index (χ4v) is 2.56. The highest BCUT2D eigenvalue weighted by Crippen LogP contribution is 2.26. The molecule has 1 saturated heterocycles. The molecule has 3 rings (SSSR count). The third-order valence-electron chi connectivity index (χ3n) is 3.66. The molecule has 0 aliphatic carbocycles. The molecule has 4 heteroatoms. The van der Waals surface area contributed by atoms with Gasteiger partial charge >= 0.3 is 0 Å². The number of nitrogens with zero attached hydrogens (tertiary/aromatic N) is 1. The molecule has 21 heavy (non-hydrogen) atoms. The van der Waals surface area contributed by atoms with E-state index in [0.717, 1.165) is 49.5 Å². The van der Waals surface area contributed by atoms with Gasteiger partial charge in [0.1, 0.15) is 6.10 Å². The summed E-state index contributed by atoms with van der Waals surface area (Å²) in [5.74, 6) is 0.733. The van der Waals surface area contributed by atoms with Crippen molar-refractivity contribution in [1.29, 1.82) is 0 Å². The van der Waals surface area contributed by atoms with E-state index in [1.807, 2.05) is 12.1 Å². The Morgan fingerprint density at radius 3 is 3.10 bits per heavy atom. The molecule has 0 saturated carbocycles. The van der Waals surface area contributed by atoms with Gasteiger partial charge in [-0.25, -0.2) is 4.98 Å². The molecule has 0 bridgehead atoms. The van der Waals surface area contributed by atoms with Crippen molar-refractivity contribution < 1.29 is 9.47 Å². The van der Waals surface area contributed by atoms with Crippen molar-refractivity contribution in [3.8, 4) is 5.88 Å². The number of nitrogens with one attached hydrogen (secondary N) is 1. The van der Waals surface area contributed by atoms with Crippen LogP contribution in [-0.2, 0) is 11.3 Å². The second-order valence-electron chi connectivity index (χ2n) is 5.42. The molecular weight excluding hydrogens is 264 g/mol. The Morgan fingerprint density at radius 2 is 2.29 bits per heavy atom. The number of fused-ring (bicyclic) bond motifs is 1. The van der Waals surface area contributed by atoms with Crippen LogP contribution >= 0.6 is 0 Å². The summed E-state index contributed by atoms with van der Waals surface area (Å²) in [7, 11) is 0. The van der Waals surface area contributed by atoms with E-state index in [1.54, 1.807) is 0 Å². The topological polar surface area (TPSA) is 43.4 Å². The van der Waals surface area contributed by atoms with Gasteiger partial charge in [0, 0.05) is 18.4 Å². The van der Waals surface area contributed by atoms with Gasteiger partial charge in [0.15, 0.2) is 0 Å². The molecule has 0 spiro atoms. The van der Waals surface area contributed by atoms with Crippen molar-refractivity contribution in [2.45, 2.75) is 32.4 Å². The highest BCUT2D eigenvalue weighted by atomic mass is 16.5. The average molecular weight is 286 g/mol. The quantitative estimate of drug-likeness (QED) is 0.829. The third-order valence-corrected chi connectivity index (χ3v) is 3.66. The van der Waals surface area contributed by atoms with Crippen molar-refractivity contribution >= 4 is 10.8 Å². The molecule has 1 aliphatic rings. The minimum absolute atomic E-state index is 0.125. The third kappa shape index (κ3) is 3.52. The van der Waals surface area contributed by atoms with Crippen LogP contribution in [0.3, 0.4) is 0 Å². The van der Waals surface area contributed by atoms with Crippen LogP contribution in [0.1, 0.15) is 25.5 Å². The van der Waals surface area contributed by atoms with E-state index in [1.165, 1.54) is 5.39 Å². The fourth-order valence-electron chi connectivity index (χ4n) is 2.56. The van der Waals surface area contributed by atoms with Gasteiger partial charge in [-0.2, -0.15) is 0 Å². The molecule has 1 unspecified atom stereocenters. The number of rotatable bonds is 6. The number of aromatic nitrogens is 1. The number of benzene rings is 1. The lowest BCUT2D eigenvalue weighted by Crippen LogP contribution is -2.18. The van der Waals surface area contributed by atoms with Crippen LogP contribution in [0.5, 0.6) is 5.88 Å². The lowest BCUT2D eigenvalue weighted by Gasteiger charge is -2.14. The summed E-state index contributed by atoms with van der Waals surface area (Å²) in [6, 6.07) is 10.4. The largest absolute Gasteiger partial charge is 0.471 e. The van der Waals surface area contributed by atoms with Crippen LogP contribution in [0.15, 0.2) is 30.3 Å². The second-order valence-corrected chi connectivity index (χ2v) is 5.42. The standard InChI is InChI=1S/C17H22N2O2/c1-2-8-18-11-14-10-13-5-3-4-6-16(13)17(19-14)21-15-7-9-20-12-15/h3-6,10,15,18H,2,7-9,11-12H2,1H3. The Morgan fingerprint density at radius 1 is 1.38 bits per heavy atom. The number of hydrogen-bond acceptors (Lipinski definition) is 4. The van der Waals surface area contributed by atoms with Crippen molar-refractivity contribution in [3.63, 3.8) is 0 Å². The second kappa shape index (κ2) is 6.87. The first-order valence-corrected chi connectivity index (χ1v) is 7.70. The van der Waals surface area contributed by atoms with Crippen LogP contribution in [0.25, 0.3) is 10.8 Å². The Labute approximate surface area is 125 Å². The average Bonchev–Trinajstić information content (AvgIpc) is 3.01. The summed E-state index contributed by atoms with van der Waals surface area (Å²) in [6.07, 6.45) is 2.18. The summed E-state index contributed by atoms with van der Waals surface area (Å²) in [6.45, 7) is 5.38. The highest BCUT2D eigenvalue weighted by Gasteiger charge is 2.19. The lowest BCUT2D eigenvalue weighted by molar-refractivity contribution is 0.139. The molecule has 1 aromatic carbocycles. The molecule has 1 N–H and O–H groups in total. The Hall–Kier alpha value is -1.65. The predicted octanol–water partition coefficient (Wildman–Crippen LogP) is 2.90. The van der Waals surface area contributed by atoms with Crippen molar-refractivity contribution in [2.75, 3.05) is 19.8 Å². The van der Waals surface area contributed by atoms with Gasteiger partial charge < -0.3 is 14.8 Å². The molecule has 112 valence electrons. The van der Waals surface area contributed by atoms with E-state index in [9.17, 15) is 0 Å². The molecule has 0 amide bonds. The first-order valence-electron chi connectivity index (χ1n) is 7.70. The van der Waals surface area contributed by atoms with E-state index in [-0.39, 0.29) is 6.10 Å². The molecule has 4 nitrogen and oxygen atoms in total.